The topological polar surface area (TPSA) is 51.0 Å². The number of nitrogens with one attached hydrogen (secondary N) is 1. The van der Waals surface area contributed by atoms with E-state index in [1.54, 1.807) is 0 Å². The van der Waals surface area contributed by atoms with E-state index in [4.69, 9.17) is 16.1 Å². The molecule has 1 aromatic carbocycles. The van der Waals surface area contributed by atoms with Crippen molar-refractivity contribution in [3.05, 3.63) is 35.2 Å². The Labute approximate surface area is 129 Å². The quantitative estimate of drug-likeness (QED) is 0.906. The van der Waals surface area contributed by atoms with Crippen LogP contribution in [0.2, 0.25) is 5.02 Å². The van der Waals surface area contributed by atoms with E-state index in [1.165, 1.54) is 12.8 Å². The van der Waals surface area contributed by atoms with Crippen molar-refractivity contribution in [3.8, 4) is 11.4 Å². The van der Waals surface area contributed by atoms with Gasteiger partial charge in [0.1, 0.15) is 0 Å². The summed E-state index contributed by atoms with van der Waals surface area (Å²) in [6, 6.07) is 8.03. The molecule has 1 aromatic heterocycles. The molecule has 1 saturated carbocycles. The van der Waals surface area contributed by atoms with Gasteiger partial charge in [0.15, 0.2) is 0 Å². The number of nitrogens with zero attached hydrogens (tertiary/aromatic N) is 2. The first kappa shape index (κ1) is 14.5. The highest BCUT2D eigenvalue weighted by atomic mass is 35.5. The van der Waals surface area contributed by atoms with Gasteiger partial charge in [-0.25, -0.2) is 0 Å². The molecule has 3 rings (SSSR count). The van der Waals surface area contributed by atoms with Crippen LogP contribution < -0.4 is 5.32 Å². The van der Waals surface area contributed by atoms with Gasteiger partial charge < -0.3 is 9.84 Å². The first-order chi connectivity index (χ1) is 10.3. The minimum absolute atomic E-state index is 0.320. The van der Waals surface area contributed by atoms with Gasteiger partial charge in [0.25, 0.3) is 0 Å². The summed E-state index contributed by atoms with van der Waals surface area (Å²) in [5, 5.41) is 8.34. The summed E-state index contributed by atoms with van der Waals surface area (Å²) in [5.74, 6) is 1.63. The van der Waals surface area contributed by atoms with E-state index >= 15 is 0 Å². The maximum Gasteiger partial charge on any atom is 0.231 e. The Hall–Kier alpha value is -1.39. The Morgan fingerprint density at radius 1 is 1.33 bits per heavy atom. The Morgan fingerprint density at radius 3 is 3.00 bits per heavy atom. The predicted molar refractivity (Wildman–Crippen MR) is 83.4 cm³/mol. The molecule has 4 nitrogen and oxygen atoms in total. The molecule has 112 valence electrons. The lowest BCUT2D eigenvalue weighted by Crippen LogP contribution is -2.31. The van der Waals surface area contributed by atoms with Crippen molar-refractivity contribution >= 4 is 11.6 Å². The number of hydrogen-bond acceptors (Lipinski definition) is 4. The van der Waals surface area contributed by atoms with Crippen molar-refractivity contribution in [1.82, 2.24) is 15.5 Å². The second-order valence-electron chi connectivity index (χ2n) is 5.53. The van der Waals surface area contributed by atoms with Crippen LogP contribution in [-0.4, -0.2) is 22.7 Å². The Morgan fingerprint density at radius 2 is 2.19 bits per heavy atom. The molecule has 1 heterocycles. The average Bonchev–Trinajstić information content (AvgIpc) is 3.14. The first-order valence-electron chi connectivity index (χ1n) is 7.61. The fourth-order valence-electron chi connectivity index (χ4n) is 2.97. The van der Waals surface area contributed by atoms with Gasteiger partial charge in [0.2, 0.25) is 11.7 Å². The predicted octanol–water partition coefficient (Wildman–Crippen LogP) is 4.03. The SMILES string of the molecule is CCCNC1CCCC1c1nc(-c2ccccc2Cl)no1. The highest BCUT2D eigenvalue weighted by molar-refractivity contribution is 6.33. The standard InChI is InChI=1S/C16H20ClN3O/c1-2-10-18-14-9-5-7-12(14)16-19-15(20-21-16)11-6-3-4-8-13(11)17/h3-4,6,8,12,14,18H,2,5,7,9-10H2,1H3. The molecule has 0 amide bonds. The molecule has 0 aliphatic heterocycles. The summed E-state index contributed by atoms with van der Waals surface area (Å²) in [7, 11) is 0. The van der Waals surface area contributed by atoms with Crippen molar-refractivity contribution in [1.29, 1.82) is 0 Å². The summed E-state index contributed by atoms with van der Waals surface area (Å²) < 4.78 is 5.51. The second kappa shape index (κ2) is 6.58. The van der Waals surface area contributed by atoms with Crippen molar-refractivity contribution in [3.63, 3.8) is 0 Å². The van der Waals surface area contributed by atoms with Crippen LogP contribution in [0.15, 0.2) is 28.8 Å². The Balaban J connectivity index is 1.80. The minimum Gasteiger partial charge on any atom is -0.339 e. The zero-order valence-corrected chi connectivity index (χ0v) is 12.9. The molecule has 1 aliphatic carbocycles. The molecule has 2 atom stereocenters. The lowest BCUT2D eigenvalue weighted by molar-refractivity contribution is 0.330. The van der Waals surface area contributed by atoms with Gasteiger partial charge in [-0.05, 0) is 37.9 Å². The summed E-state index contributed by atoms with van der Waals surface area (Å²) >= 11 is 6.19. The third-order valence-electron chi connectivity index (χ3n) is 4.05. The van der Waals surface area contributed by atoms with E-state index in [0.717, 1.165) is 30.8 Å². The van der Waals surface area contributed by atoms with E-state index in [2.05, 4.69) is 22.4 Å². The summed E-state index contributed by atoms with van der Waals surface area (Å²) in [5.41, 5.74) is 0.824. The monoisotopic (exact) mass is 305 g/mol. The van der Waals surface area contributed by atoms with Crippen LogP contribution in [0.25, 0.3) is 11.4 Å². The maximum absolute atomic E-state index is 6.19. The molecule has 2 aromatic rings. The molecule has 1 N–H and O–H groups in total. The summed E-state index contributed by atoms with van der Waals surface area (Å²) in [6.45, 7) is 3.21. The van der Waals surface area contributed by atoms with Crippen LogP contribution >= 0.6 is 11.6 Å². The number of benzene rings is 1. The van der Waals surface area contributed by atoms with Crippen molar-refractivity contribution in [2.45, 2.75) is 44.6 Å². The van der Waals surface area contributed by atoms with E-state index in [-0.39, 0.29) is 0 Å². The minimum atomic E-state index is 0.320. The van der Waals surface area contributed by atoms with E-state index in [9.17, 15) is 0 Å². The highest BCUT2D eigenvalue weighted by Crippen LogP contribution is 2.35. The average molecular weight is 306 g/mol. The van der Waals surface area contributed by atoms with Crippen molar-refractivity contribution < 1.29 is 4.52 Å². The van der Waals surface area contributed by atoms with E-state index in [1.807, 2.05) is 24.3 Å². The molecular weight excluding hydrogens is 286 g/mol. The van der Waals surface area contributed by atoms with Gasteiger partial charge in [-0.2, -0.15) is 4.98 Å². The molecular formula is C16H20ClN3O. The van der Waals surface area contributed by atoms with Crippen LogP contribution in [0.4, 0.5) is 0 Å². The second-order valence-corrected chi connectivity index (χ2v) is 5.94. The lowest BCUT2D eigenvalue weighted by Gasteiger charge is -2.17. The molecule has 1 aliphatic rings. The summed E-state index contributed by atoms with van der Waals surface area (Å²) in [4.78, 5) is 4.58. The van der Waals surface area contributed by atoms with Crippen LogP contribution in [0.5, 0.6) is 0 Å². The van der Waals surface area contributed by atoms with Gasteiger partial charge >= 0.3 is 0 Å². The van der Waals surface area contributed by atoms with Crippen LogP contribution in [0.1, 0.15) is 44.4 Å². The van der Waals surface area contributed by atoms with Gasteiger partial charge in [-0.15, -0.1) is 0 Å². The fraction of sp³-hybridized carbons (Fsp3) is 0.500. The van der Waals surface area contributed by atoms with E-state index in [0.29, 0.717) is 22.8 Å². The molecule has 0 spiro atoms. The smallest absolute Gasteiger partial charge is 0.231 e. The lowest BCUT2D eigenvalue weighted by atomic mass is 10.0. The molecule has 1 fully saturated rings. The van der Waals surface area contributed by atoms with Gasteiger partial charge in [0.05, 0.1) is 10.9 Å². The number of halogens is 1. The van der Waals surface area contributed by atoms with Gasteiger partial charge in [0, 0.05) is 11.6 Å². The molecule has 2 unspecified atom stereocenters. The highest BCUT2D eigenvalue weighted by Gasteiger charge is 2.32. The maximum atomic E-state index is 6.19. The van der Waals surface area contributed by atoms with Crippen molar-refractivity contribution in [2.24, 2.45) is 0 Å². The number of hydrogen-bond donors (Lipinski definition) is 1. The fourth-order valence-corrected chi connectivity index (χ4v) is 3.19. The largest absolute Gasteiger partial charge is 0.339 e. The molecule has 5 heteroatoms. The number of aromatic nitrogens is 2. The first-order valence-corrected chi connectivity index (χ1v) is 7.99. The molecule has 0 radical (unpaired) electrons. The normalized spacial score (nSPS) is 21.8. The van der Waals surface area contributed by atoms with E-state index < -0.39 is 0 Å². The Kier molecular flexibility index (Phi) is 4.56. The number of rotatable bonds is 5. The molecule has 0 bridgehead atoms. The van der Waals surface area contributed by atoms with Crippen molar-refractivity contribution in [2.75, 3.05) is 6.54 Å². The van der Waals surface area contributed by atoms with Crippen LogP contribution in [0.3, 0.4) is 0 Å². The molecule has 21 heavy (non-hydrogen) atoms. The third kappa shape index (κ3) is 3.11. The van der Waals surface area contributed by atoms with Crippen LogP contribution in [-0.2, 0) is 0 Å². The van der Waals surface area contributed by atoms with Gasteiger partial charge in [-0.3, -0.25) is 0 Å². The van der Waals surface area contributed by atoms with Crippen LogP contribution in [0, 0.1) is 0 Å². The molecule has 0 saturated heterocycles. The Bertz CT molecular complexity index is 599. The van der Waals surface area contributed by atoms with Gasteiger partial charge in [-0.1, -0.05) is 42.2 Å². The zero-order valence-electron chi connectivity index (χ0n) is 12.2. The third-order valence-corrected chi connectivity index (χ3v) is 4.38. The summed E-state index contributed by atoms with van der Waals surface area (Å²) in [6.07, 6.45) is 4.62. The zero-order chi connectivity index (χ0) is 14.7.